The van der Waals surface area contributed by atoms with E-state index in [9.17, 15) is 0 Å². The maximum absolute atomic E-state index is 3.28. The second-order valence-electron chi connectivity index (χ2n) is 6.24. The zero-order valence-electron chi connectivity index (χ0n) is 13.8. The number of nitrogens with one attached hydrogen (secondary N) is 2. The summed E-state index contributed by atoms with van der Waals surface area (Å²) in [5.41, 5.74) is 10.3. The van der Waals surface area contributed by atoms with Gasteiger partial charge < -0.3 is 10.3 Å². The number of para-hydroxylation sites is 1. The lowest BCUT2D eigenvalue weighted by atomic mass is 10.1. The molecule has 0 atom stereocenters. The second kappa shape index (κ2) is 8.11. The molecule has 122 valence electrons. The molecule has 23 heavy (non-hydrogen) atoms. The number of nitrogens with zero attached hydrogens (tertiary/aromatic N) is 2. The van der Waals surface area contributed by atoms with Crippen molar-refractivity contribution < 1.29 is 0 Å². The van der Waals surface area contributed by atoms with Crippen LogP contribution in [0.15, 0.2) is 54.6 Å². The van der Waals surface area contributed by atoms with Crippen LogP contribution in [-0.4, -0.2) is 43.0 Å². The molecule has 0 aliphatic carbocycles. The van der Waals surface area contributed by atoms with E-state index in [1.54, 1.807) is 0 Å². The van der Waals surface area contributed by atoms with E-state index in [4.69, 9.17) is 0 Å². The number of likely N-dealkylation sites (N-methyl/N-ethyl adjacent to an activating group) is 1. The number of anilines is 1. The Balaban J connectivity index is 1.49. The fourth-order valence-electron chi connectivity index (χ4n) is 2.87. The Morgan fingerprint density at radius 1 is 0.870 bits per heavy atom. The minimum absolute atomic E-state index is 0.811. The van der Waals surface area contributed by atoms with E-state index in [1.807, 2.05) is 18.2 Å². The van der Waals surface area contributed by atoms with Crippen LogP contribution in [0, 0.1) is 0 Å². The van der Waals surface area contributed by atoms with E-state index in [2.05, 4.69) is 64.1 Å². The summed E-state index contributed by atoms with van der Waals surface area (Å²) in [5, 5.41) is 0. The van der Waals surface area contributed by atoms with E-state index in [0.717, 1.165) is 31.9 Å². The van der Waals surface area contributed by atoms with Gasteiger partial charge in [0.15, 0.2) is 0 Å². The van der Waals surface area contributed by atoms with Gasteiger partial charge >= 0.3 is 0 Å². The summed E-state index contributed by atoms with van der Waals surface area (Å²) in [6.45, 7) is 6.52. The molecule has 1 saturated heterocycles. The van der Waals surface area contributed by atoms with E-state index in [0.29, 0.717) is 0 Å². The molecule has 2 aromatic carbocycles. The molecule has 0 amide bonds. The van der Waals surface area contributed by atoms with Gasteiger partial charge in [0.1, 0.15) is 0 Å². The summed E-state index contributed by atoms with van der Waals surface area (Å²) in [4.78, 5) is 4.93. The van der Waals surface area contributed by atoms with E-state index in [-0.39, 0.29) is 0 Å². The van der Waals surface area contributed by atoms with Gasteiger partial charge in [-0.25, -0.2) is 5.43 Å². The summed E-state index contributed by atoms with van der Waals surface area (Å²) in [7, 11) is 2.20. The van der Waals surface area contributed by atoms with Crippen LogP contribution in [0.4, 0.5) is 5.69 Å². The monoisotopic (exact) mass is 310 g/mol. The predicted molar refractivity (Wildman–Crippen MR) is 96.1 cm³/mol. The van der Waals surface area contributed by atoms with Crippen molar-refractivity contribution in [2.45, 2.75) is 13.1 Å². The number of hydrogen-bond acceptors (Lipinski definition) is 4. The maximum Gasteiger partial charge on any atom is 0.0487 e. The average Bonchev–Trinajstić information content (AvgIpc) is 2.58. The van der Waals surface area contributed by atoms with Crippen molar-refractivity contribution in [1.82, 2.24) is 15.2 Å². The Kier molecular flexibility index (Phi) is 5.64. The van der Waals surface area contributed by atoms with Gasteiger partial charge in [-0.3, -0.25) is 4.90 Å². The molecule has 4 heteroatoms. The molecule has 1 heterocycles. The average molecular weight is 310 g/mol. The highest BCUT2D eigenvalue weighted by Crippen LogP contribution is 2.11. The van der Waals surface area contributed by atoms with Crippen molar-refractivity contribution in [3.63, 3.8) is 0 Å². The number of rotatable bonds is 6. The number of hydrazine groups is 1. The topological polar surface area (TPSA) is 30.5 Å². The standard InChI is InChI=1S/C19H26N4/c1-22-10-12-23(13-11-22)16-18-7-5-6-17(14-18)15-20-21-19-8-3-2-4-9-19/h2-9,14,20-21H,10-13,15-16H2,1H3. The second-order valence-corrected chi connectivity index (χ2v) is 6.24. The lowest BCUT2D eigenvalue weighted by Crippen LogP contribution is -2.43. The summed E-state index contributed by atoms with van der Waals surface area (Å²) in [5.74, 6) is 0. The summed E-state index contributed by atoms with van der Waals surface area (Å²) in [6.07, 6.45) is 0. The predicted octanol–water partition coefficient (Wildman–Crippen LogP) is 2.55. The highest BCUT2D eigenvalue weighted by molar-refractivity contribution is 5.41. The van der Waals surface area contributed by atoms with Crippen LogP contribution in [0.1, 0.15) is 11.1 Å². The lowest BCUT2D eigenvalue weighted by molar-refractivity contribution is 0.148. The van der Waals surface area contributed by atoms with Gasteiger partial charge in [0, 0.05) is 45.0 Å². The Labute approximate surface area is 139 Å². The van der Waals surface area contributed by atoms with Crippen LogP contribution in [0.25, 0.3) is 0 Å². The van der Waals surface area contributed by atoms with Crippen molar-refractivity contribution >= 4 is 5.69 Å². The molecular formula is C19H26N4. The molecule has 1 fully saturated rings. The Morgan fingerprint density at radius 3 is 2.39 bits per heavy atom. The minimum Gasteiger partial charge on any atom is -0.321 e. The minimum atomic E-state index is 0.811. The molecule has 0 unspecified atom stereocenters. The smallest absolute Gasteiger partial charge is 0.0487 e. The first-order valence-electron chi connectivity index (χ1n) is 8.32. The maximum atomic E-state index is 3.28. The molecule has 1 aliphatic rings. The van der Waals surface area contributed by atoms with Gasteiger partial charge in [0.05, 0.1) is 0 Å². The van der Waals surface area contributed by atoms with Crippen LogP contribution in [0.5, 0.6) is 0 Å². The molecule has 0 radical (unpaired) electrons. The van der Waals surface area contributed by atoms with Gasteiger partial charge in [-0.15, -0.1) is 0 Å². The van der Waals surface area contributed by atoms with Crippen molar-refractivity contribution in [1.29, 1.82) is 0 Å². The molecule has 2 aromatic rings. The first kappa shape index (κ1) is 16.0. The Morgan fingerprint density at radius 2 is 1.61 bits per heavy atom. The fourth-order valence-corrected chi connectivity index (χ4v) is 2.87. The van der Waals surface area contributed by atoms with E-state index < -0.39 is 0 Å². The number of benzene rings is 2. The molecule has 2 N–H and O–H groups in total. The lowest BCUT2D eigenvalue weighted by Gasteiger charge is -2.32. The van der Waals surface area contributed by atoms with E-state index in [1.165, 1.54) is 24.2 Å². The van der Waals surface area contributed by atoms with Gasteiger partial charge in [0.25, 0.3) is 0 Å². The van der Waals surface area contributed by atoms with Crippen LogP contribution < -0.4 is 10.9 Å². The zero-order chi connectivity index (χ0) is 15.9. The molecule has 4 nitrogen and oxygen atoms in total. The third-order valence-corrected chi connectivity index (χ3v) is 4.29. The van der Waals surface area contributed by atoms with Gasteiger partial charge in [-0.05, 0) is 30.3 Å². The number of piperazine rings is 1. The third-order valence-electron chi connectivity index (χ3n) is 4.29. The Hall–Kier alpha value is -1.88. The molecule has 1 aliphatic heterocycles. The molecule has 3 rings (SSSR count). The molecule has 0 spiro atoms. The largest absolute Gasteiger partial charge is 0.321 e. The highest BCUT2D eigenvalue weighted by Gasteiger charge is 2.13. The summed E-state index contributed by atoms with van der Waals surface area (Å²) < 4.78 is 0. The van der Waals surface area contributed by atoms with Gasteiger partial charge in [-0.2, -0.15) is 0 Å². The van der Waals surface area contributed by atoms with Crippen molar-refractivity contribution in [2.24, 2.45) is 0 Å². The normalized spacial score (nSPS) is 16.4. The van der Waals surface area contributed by atoms with Crippen molar-refractivity contribution in [2.75, 3.05) is 38.7 Å². The first-order valence-corrected chi connectivity index (χ1v) is 8.32. The Bertz CT molecular complexity index is 591. The van der Waals surface area contributed by atoms with Crippen LogP contribution in [0.2, 0.25) is 0 Å². The van der Waals surface area contributed by atoms with Crippen molar-refractivity contribution in [3.8, 4) is 0 Å². The number of hydrogen-bond donors (Lipinski definition) is 2. The summed E-state index contributed by atoms with van der Waals surface area (Å²) in [6, 6.07) is 19.0. The molecule has 0 bridgehead atoms. The van der Waals surface area contributed by atoms with Gasteiger partial charge in [0.2, 0.25) is 0 Å². The third kappa shape index (κ3) is 5.06. The SMILES string of the molecule is CN1CCN(Cc2cccc(CNNc3ccccc3)c2)CC1. The van der Waals surface area contributed by atoms with E-state index >= 15 is 0 Å². The fraction of sp³-hybridized carbons (Fsp3) is 0.368. The molecular weight excluding hydrogens is 284 g/mol. The quantitative estimate of drug-likeness (QED) is 0.803. The van der Waals surface area contributed by atoms with Crippen molar-refractivity contribution in [3.05, 3.63) is 65.7 Å². The summed E-state index contributed by atoms with van der Waals surface area (Å²) >= 11 is 0. The van der Waals surface area contributed by atoms with Gasteiger partial charge in [-0.1, -0.05) is 42.5 Å². The van der Waals surface area contributed by atoms with Crippen LogP contribution >= 0.6 is 0 Å². The van der Waals surface area contributed by atoms with Crippen LogP contribution in [-0.2, 0) is 13.1 Å². The first-order chi connectivity index (χ1) is 11.3. The highest BCUT2D eigenvalue weighted by atomic mass is 15.3. The molecule has 0 aromatic heterocycles. The zero-order valence-corrected chi connectivity index (χ0v) is 13.8. The van der Waals surface area contributed by atoms with Crippen LogP contribution in [0.3, 0.4) is 0 Å². The molecule has 0 saturated carbocycles.